The van der Waals surface area contributed by atoms with Crippen LogP contribution in [0.4, 0.5) is 0 Å². The molecule has 1 atom stereocenters. The molecule has 0 spiro atoms. The molecular formula is C14H21O5P. The average molecular weight is 300 g/mol. The third kappa shape index (κ3) is 5.45. The highest BCUT2D eigenvalue weighted by Gasteiger charge is 2.32. The van der Waals surface area contributed by atoms with Gasteiger partial charge in [-0.2, -0.15) is 0 Å². The zero-order valence-corrected chi connectivity index (χ0v) is 12.7. The first-order valence-corrected chi connectivity index (χ1v) is 8.38. The van der Waals surface area contributed by atoms with Crippen molar-refractivity contribution in [2.24, 2.45) is 5.92 Å². The third-order valence-corrected chi connectivity index (χ3v) is 4.96. The van der Waals surface area contributed by atoms with E-state index in [2.05, 4.69) is 0 Å². The second-order valence-electron chi connectivity index (χ2n) is 4.35. The highest BCUT2D eigenvalue weighted by atomic mass is 31.2. The number of carboxylic acid groups (broad SMARTS) is 1. The molecule has 1 aromatic carbocycles. The maximum Gasteiger partial charge on any atom is 0.331 e. The van der Waals surface area contributed by atoms with Crippen LogP contribution in [-0.4, -0.2) is 30.5 Å². The van der Waals surface area contributed by atoms with Gasteiger partial charge in [0.05, 0.1) is 25.3 Å². The fourth-order valence-electron chi connectivity index (χ4n) is 1.93. The Bertz CT molecular complexity index is 450. The number of rotatable bonds is 9. The molecule has 1 aromatic rings. The maximum absolute atomic E-state index is 12.4. The van der Waals surface area contributed by atoms with Gasteiger partial charge in [-0.3, -0.25) is 9.36 Å². The molecule has 0 fully saturated rings. The molecule has 5 nitrogen and oxygen atoms in total. The standard InChI is InChI=1S/C14H21O5P/c1-3-18-20(17,19-4-2)11-13(14(15)16)10-12-8-6-5-7-9-12/h5-9,13H,3-4,10-11H2,1-2H3,(H,15,16). The van der Waals surface area contributed by atoms with Gasteiger partial charge in [-0.1, -0.05) is 30.3 Å². The molecule has 0 aliphatic rings. The molecule has 0 radical (unpaired) electrons. The van der Waals surface area contributed by atoms with Crippen LogP contribution in [0.3, 0.4) is 0 Å². The van der Waals surface area contributed by atoms with Crippen LogP contribution in [0.25, 0.3) is 0 Å². The van der Waals surface area contributed by atoms with E-state index in [1.807, 2.05) is 30.3 Å². The Balaban J connectivity index is 2.80. The van der Waals surface area contributed by atoms with Gasteiger partial charge in [0.15, 0.2) is 0 Å². The Morgan fingerprint density at radius 1 is 1.20 bits per heavy atom. The van der Waals surface area contributed by atoms with Crippen LogP contribution in [0, 0.1) is 5.92 Å². The Morgan fingerprint density at radius 3 is 2.20 bits per heavy atom. The average Bonchev–Trinajstić information content (AvgIpc) is 2.39. The molecule has 0 aliphatic heterocycles. The molecule has 20 heavy (non-hydrogen) atoms. The molecule has 0 saturated carbocycles. The Morgan fingerprint density at radius 2 is 1.75 bits per heavy atom. The van der Waals surface area contributed by atoms with Crippen molar-refractivity contribution in [2.45, 2.75) is 20.3 Å². The molecule has 1 unspecified atom stereocenters. The van der Waals surface area contributed by atoms with E-state index in [0.717, 1.165) is 5.56 Å². The van der Waals surface area contributed by atoms with E-state index >= 15 is 0 Å². The lowest BCUT2D eigenvalue weighted by molar-refractivity contribution is -0.141. The fraction of sp³-hybridized carbons (Fsp3) is 0.500. The van der Waals surface area contributed by atoms with Crippen molar-refractivity contribution in [3.63, 3.8) is 0 Å². The monoisotopic (exact) mass is 300 g/mol. The lowest BCUT2D eigenvalue weighted by atomic mass is 10.0. The predicted octanol–water partition coefficient (Wildman–Crippen LogP) is 3.20. The van der Waals surface area contributed by atoms with E-state index in [9.17, 15) is 14.5 Å². The van der Waals surface area contributed by atoms with Crippen molar-refractivity contribution in [1.82, 2.24) is 0 Å². The largest absolute Gasteiger partial charge is 0.481 e. The maximum atomic E-state index is 12.4. The summed E-state index contributed by atoms with van der Waals surface area (Å²) < 4.78 is 22.7. The minimum absolute atomic E-state index is 0.112. The minimum Gasteiger partial charge on any atom is -0.481 e. The van der Waals surface area contributed by atoms with Crippen LogP contribution in [-0.2, 0) is 24.8 Å². The Hall–Kier alpha value is -1.16. The summed E-state index contributed by atoms with van der Waals surface area (Å²) in [5.41, 5.74) is 0.888. The Labute approximate surface area is 119 Å². The summed E-state index contributed by atoms with van der Waals surface area (Å²) in [5, 5.41) is 9.30. The van der Waals surface area contributed by atoms with Gasteiger partial charge < -0.3 is 14.2 Å². The van der Waals surface area contributed by atoms with Crippen molar-refractivity contribution in [2.75, 3.05) is 19.4 Å². The second-order valence-corrected chi connectivity index (χ2v) is 6.46. The van der Waals surface area contributed by atoms with Gasteiger partial charge in [-0.15, -0.1) is 0 Å². The molecule has 0 bridgehead atoms. The molecule has 0 amide bonds. The van der Waals surface area contributed by atoms with Gasteiger partial charge in [-0.05, 0) is 25.8 Å². The van der Waals surface area contributed by atoms with Crippen LogP contribution in [0.1, 0.15) is 19.4 Å². The van der Waals surface area contributed by atoms with Crippen molar-refractivity contribution in [3.05, 3.63) is 35.9 Å². The van der Waals surface area contributed by atoms with E-state index in [1.165, 1.54) is 0 Å². The first kappa shape index (κ1) is 16.9. The molecule has 1 N–H and O–H groups in total. The summed E-state index contributed by atoms with van der Waals surface area (Å²) in [6.07, 6.45) is 0.194. The van der Waals surface area contributed by atoms with Gasteiger partial charge in [0.2, 0.25) is 0 Å². The van der Waals surface area contributed by atoms with Crippen molar-refractivity contribution in [3.8, 4) is 0 Å². The summed E-state index contributed by atoms with van der Waals surface area (Å²) in [7, 11) is -3.35. The van der Waals surface area contributed by atoms with Crippen molar-refractivity contribution >= 4 is 13.6 Å². The lowest BCUT2D eigenvalue weighted by Gasteiger charge is -2.20. The van der Waals surface area contributed by atoms with Crippen LogP contribution in [0.15, 0.2) is 30.3 Å². The summed E-state index contributed by atoms with van der Waals surface area (Å²) in [4.78, 5) is 11.4. The number of carboxylic acids is 1. The number of aliphatic carboxylic acids is 1. The van der Waals surface area contributed by atoms with E-state index in [4.69, 9.17) is 9.05 Å². The molecule has 0 aromatic heterocycles. The van der Waals surface area contributed by atoms with E-state index < -0.39 is 19.5 Å². The van der Waals surface area contributed by atoms with Gasteiger partial charge in [0, 0.05) is 0 Å². The Kier molecular flexibility index (Phi) is 6.93. The molecule has 0 heterocycles. The number of carbonyl (C=O) groups is 1. The molecule has 1 rings (SSSR count). The van der Waals surface area contributed by atoms with Gasteiger partial charge >= 0.3 is 13.6 Å². The number of benzene rings is 1. The van der Waals surface area contributed by atoms with Gasteiger partial charge in [0.25, 0.3) is 0 Å². The summed E-state index contributed by atoms with van der Waals surface area (Å²) in [6.45, 7) is 3.88. The number of hydrogen-bond acceptors (Lipinski definition) is 4. The zero-order valence-electron chi connectivity index (χ0n) is 11.8. The molecule has 6 heteroatoms. The first-order valence-electron chi connectivity index (χ1n) is 6.65. The molecular weight excluding hydrogens is 279 g/mol. The van der Waals surface area contributed by atoms with Gasteiger partial charge in [0.1, 0.15) is 0 Å². The predicted molar refractivity (Wildman–Crippen MR) is 77.0 cm³/mol. The van der Waals surface area contributed by atoms with Crippen LogP contribution < -0.4 is 0 Å². The first-order chi connectivity index (χ1) is 9.50. The second kappa shape index (κ2) is 8.20. The van der Waals surface area contributed by atoms with Crippen LogP contribution in [0.2, 0.25) is 0 Å². The van der Waals surface area contributed by atoms with E-state index in [1.54, 1.807) is 13.8 Å². The van der Waals surface area contributed by atoms with Crippen LogP contribution >= 0.6 is 7.60 Å². The van der Waals surface area contributed by atoms with Crippen LogP contribution in [0.5, 0.6) is 0 Å². The third-order valence-electron chi connectivity index (χ3n) is 2.77. The SMILES string of the molecule is CCOP(=O)(CC(Cc1ccccc1)C(=O)O)OCC. The molecule has 0 saturated heterocycles. The molecule has 0 aliphatic carbocycles. The highest BCUT2D eigenvalue weighted by Crippen LogP contribution is 2.49. The van der Waals surface area contributed by atoms with E-state index in [0.29, 0.717) is 6.42 Å². The summed E-state index contributed by atoms with van der Waals surface area (Å²) in [5.74, 6) is -1.78. The van der Waals surface area contributed by atoms with Crippen molar-refractivity contribution in [1.29, 1.82) is 0 Å². The fourth-order valence-corrected chi connectivity index (χ4v) is 3.83. The highest BCUT2D eigenvalue weighted by molar-refractivity contribution is 7.53. The zero-order chi connectivity index (χ0) is 15.0. The quantitative estimate of drug-likeness (QED) is 0.709. The summed E-state index contributed by atoms with van der Waals surface area (Å²) >= 11 is 0. The van der Waals surface area contributed by atoms with Gasteiger partial charge in [-0.25, -0.2) is 0 Å². The number of hydrogen-bond donors (Lipinski definition) is 1. The molecule has 112 valence electrons. The normalized spacial score (nSPS) is 13.1. The van der Waals surface area contributed by atoms with Crippen molar-refractivity contribution < 1.29 is 23.5 Å². The van der Waals surface area contributed by atoms with E-state index in [-0.39, 0.29) is 19.4 Å². The topological polar surface area (TPSA) is 72.8 Å². The summed E-state index contributed by atoms with van der Waals surface area (Å²) in [6, 6.07) is 9.26. The lowest BCUT2D eigenvalue weighted by Crippen LogP contribution is -2.22. The smallest absolute Gasteiger partial charge is 0.331 e. The minimum atomic E-state index is -3.35.